The summed E-state index contributed by atoms with van der Waals surface area (Å²) in [7, 11) is 0. The van der Waals surface area contributed by atoms with Gasteiger partial charge in [0, 0.05) is 29.2 Å². The number of phenolic OH excluding ortho intramolecular Hbond substituents is 2. The van der Waals surface area contributed by atoms with Crippen molar-refractivity contribution in [3.63, 3.8) is 0 Å². The summed E-state index contributed by atoms with van der Waals surface area (Å²) in [6, 6.07) is 7.42. The van der Waals surface area contributed by atoms with Gasteiger partial charge in [0.2, 0.25) is 0 Å². The van der Waals surface area contributed by atoms with E-state index in [2.05, 4.69) is 34.6 Å². The SMILES string of the molecule is CC1(C)[C@@H]2C[C@]3(C)CC4[C@@H]2C(C)(C)[C@@H]2c5c(cc(O)c6c5[C@@H]1C6)Oc1cc(O)ccc1C42O3. The number of fused-ring (bicyclic) bond motifs is 2. The van der Waals surface area contributed by atoms with Crippen molar-refractivity contribution in [2.24, 2.45) is 28.6 Å². The molecule has 33 heavy (non-hydrogen) atoms. The zero-order valence-corrected chi connectivity index (χ0v) is 20.0. The summed E-state index contributed by atoms with van der Waals surface area (Å²) in [5.74, 6) is 4.07. The molecule has 2 N–H and O–H groups in total. The topological polar surface area (TPSA) is 58.9 Å². The lowest BCUT2D eigenvalue weighted by Gasteiger charge is -2.59. The van der Waals surface area contributed by atoms with Crippen LogP contribution in [0.15, 0.2) is 24.3 Å². The highest BCUT2D eigenvalue weighted by molar-refractivity contribution is 5.67. The van der Waals surface area contributed by atoms with Crippen molar-refractivity contribution in [2.75, 3.05) is 0 Å². The molecule has 2 saturated carbocycles. The minimum absolute atomic E-state index is 0.0112. The Labute approximate surface area is 194 Å². The third-order valence-electron chi connectivity index (χ3n) is 11.1. The molecule has 4 bridgehead atoms. The maximum atomic E-state index is 11.0. The van der Waals surface area contributed by atoms with Crippen molar-refractivity contribution < 1.29 is 19.7 Å². The second kappa shape index (κ2) is 5.07. The summed E-state index contributed by atoms with van der Waals surface area (Å²) in [5, 5.41) is 21.4. The minimum Gasteiger partial charge on any atom is -0.508 e. The van der Waals surface area contributed by atoms with Crippen LogP contribution in [0.5, 0.6) is 23.0 Å². The maximum Gasteiger partial charge on any atom is 0.137 e. The monoisotopic (exact) mass is 444 g/mol. The van der Waals surface area contributed by atoms with Crippen molar-refractivity contribution in [3.8, 4) is 23.0 Å². The van der Waals surface area contributed by atoms with Crippen LogP contribution in [0.3, 0.4) is 0 Å². The number of aromatic hydroxyl groups is 2. The summed E-state index contributed by atoms with van der Waals surface area (Å²) >= 11 is 0. The molecule has 4 aliphatic carbocycles. The van der Waals surface area contributed by atoms with E-state index in [4.69, 9.17) is 9.47 Å². The smallest absolute Gasteiger partial charge is 0.137 e. The van der Waals surface area contributed by atoms with E-state index >= 15 is 0 Å². The van der Waals surface area contributed by atoms with E-state index in [0.29, 0.717) is 35.2 Å². The Balaban J connectivity index is 1.59. The van der Waals surface area contributed by atoms with Crippen LogP contribution in [0, 0.1) is 28.6 Å². The first-order valence-corrected chi connectivity index (χ1v) is 12.6. The van der Waals surface area contributed by atoms with Crippen LogP contribution >= 0.6 is 0 Å². The normalized spacial score (nSPS) is 43.1. The van der Waals surface area contributed by atoms with E-state index in [9.17, 15) is 10.2 Å². The van der Waals surface area contributed by atoms with Crippen molar-refractivity contribution >= 4 is 0 Å². The number of rotatable bonds is 0. The molecule has 4 nitrogen and oxygen atoms in total. The highest BCUT2D eigenvalue weighted by Crippen LogP contribution is 2.82. The summed E-state index contributed by atoms with van der Waals surface area (Å²) in [6.07, 6.45) is 3.10. The Morgan fingerprint density at radius 3 is 2.42 bits per heavy atom. The van der Waals surface area contributed by atoms with Crippen LogP contribution in [-0.2, 0) is 16.8 Å². The molecular formula is C29H32O4. The van der Waals surface area contributed by atoms with Crippen molar-refractivity contribution in [1.82, 2.24) is 0 Å². The standard InChI is InChI=1S/C29H32O4/c1-26(2)16-9-14-19(31)10-21-23(22(14)16)25-27(3,4)24-17(26)11-28(5)12-18(24)29(25,33-28)15-7-6-13(30)8-20(15)32-21/h6-8,10,16-18,24-25,30-31H,9,11-12H2,1-5H3/t16-,17+,18?,24+,25-,28+,29?/m0/s1. The van der Waals surface area contributed by atoms with Crippen LogP contribution in [0.2, 0.25) is 0 Å². The average Bonchev–Trinajstić information content (AvgIpc) is 2.95. The Morgan fingerprint density at radius 2 is 1.64 bits per heavy atom. The highest BCUT2D eigenvalue weighted by Gasteiger charge is 2.78. The van der Waals surface area contributed by atoms with Crippen molar-refractivity contribution in [3.05, 3.63) is 46.5 Å². The summed E-state index contributed by atoms with van der Waals surface area (Å²) < 4.78 is 14.0. The Hall–Kier alpha value is -2.20. The summed E-state index contributed by atoms with van der Waals surface area (Å²) in [4.78, 5) is 0. The van der Waals surface area contributed by atoms with Gasteiger partial charge < -0.3 is 19.7 Å². The summed E-state index contributed by atoms with van der Waals surface area (Å²) in [6.45, 7) is 12.2. The van der Waals surface area contributed by atoms with Gasteiger partial charge in [0.1, 0.15) is 28.6 Å². The lowest BCUT2D eigenvalue weighted by Crippen LogP contribution is -2.53. The number of ether oxygens (including phenoxy) is 2. The van der Waals surface area contributed by atoms with E-state index in [-0.39, 0.29) is 28.1 Å². The molecule has 0 aromatic heterocycles. The second-order valence-corrected chi connectivity index (χ2v) is 13.3. The largest absolute Gasteiger partial charge is 0.508 e. The van der Waals surface area contributed by atoms with Gasteiger partial charge in [-0.15, -0.1) is 0 Å². The maximum absolute atomic E-state index is 11.0. The third-order valence-corrected chi connectivity index (χ3v) is 11.1. The molecule has 2 unspecified atom stereocenters. The molecule has 3 fully saturated rings. The number of benzene rings is 2. The molecule has 6 aliphatic rings. The van der Waals surface area contributed by atoms with E-state index in [1.807, 2.05) is 12.1 Å². The number of hydrogen-bond acceptors (Lipinski definition) is 4. The third kappa shape index (κ3) is 1.81. The molecular weight excluding hydrogens is 412 g/mol. The quantitative estimate of drug-likeness (QED) is 0.498. The molecule has 7 atom stereocenters. The predicted molar refractivity (Wildman–Crippen MR) is 124 cm³/mol. The molecule has 0 amide bonds. The van der Waals surface area contributed by atoms with E-state index in [0.717, 1.165) is 36.1 Å². The molecule has 2 aromatic carbocycles. The van der Waals surface area contributed by atoms with Crippen LogP contribution in [0.25, 0.3) is 0 Å². The minimum atomic E-state index is -0.475. The second-order valence-electron chi connectivity index (χ2n) is 13.3. The molecule has 2 aliphatic heterocycles. The van der Waals surface area contributed by atoms with Gasteiger partial charge in [-0.2, -0.15) is 0 Å². The molecule has 4 heteroatoms. The number of hydrogen-bond donors (Lipinski definition) is 2. The van der Waals surface area contributed by atoms with E-state index in [1.165, 1.54) is 11.1 Å². The fraction of sp³-hybridized carbons (Fsp3) is 0.586. The molecule has 2 heterocycles. The fourth-order valence-electron chi connectivity index (χ4n) is 10.1. The van der Waals surface area contributed by atoms with E-state index < -0.39 is 5.60 Å². The first-order chi connectivity index (χ1) is 15.5. The zero-order valence-electron chi connectivity index (χ0n) is 20.0. The van der Waals surface area contributed by atoms with Gasteiger partial charge in [0.15, 0.2) is 0 Å². The van der Waals surface area contributed by atoms with Crippen LogP contribution in [0.1, 0.15) is 81.5 Å². The predicted octanol–water partition coefficient (Wildman–Crippen LogP) is 6.33. The lowest BCUT2D eigenvalue weighted by molar-refractivity contribution is -0.148. The number of phenols is 2. The van der Waals surface area contributed by atoms with Gasteiger partial charge in [-0.3, -0.25) is 0 Å². The molecule has 2 aromatic rings. The first-order valence-electron chi connectivity index (χ1n) is 12.6. The molecule has 8 rings (SSSR count). The van der Waals surface area contributed by atoms with Crippen LogP contribution in [-0.4, -0.2) is 15.8 Å². The highest BCUT2D eigenvalue weighted by atomic mass is 16.5. The summed E-state index contributed by atoms with van der Waals surface area (Å²) in [5.41, 5.74) is 4.28. The van der Waals surface area contributed by atoms with Gasteiger partial charge >= 0.3 is 0 Å². The van der Waals surface area contributed by atoms with Crippen molar-refractivity contribution in [1.29, 1.82) is 0 Å². The lowest BCUT2D eigenvalue weighted by atomic mass is 9.46. The average molecular weight is 445 g/mol. The van der Waals surface area contributed by atoms with Crippen LogP contribution < -0.4 is 4.74 Å². The van der Waals surface area contributed by atoms with E-state index in [1.54, 1.807) is 12.1 Å². The zero-order chi connectivity index (χ0) is 22.9. The van der Waals surface area contributed by atoms with Gasteiger partial charge in [-0.1, -0.05) is 27.7 Å². The Kier molecular flexibility index (Phi) is 2.94. The van der Waals surface area contributed by atoms with Gasteiger partial charge in [0.05, 0.1) is 5.60 Å². The van der Waals surface area contributed by atoms with Crippen LogP contribution in [0.4, 0.5) is 0 Å². The Bertz CT molecular complexity index is 1290. The molecule has 1 saturated heterocycles. The first kappa shape index (κ1) is 19.1. The van der Waals surface area contributed by atoms with Gasteiger partial charge in [0.25, 0.3) is 0 Å². The Morgan fingerprint density at radius 1 is 0.879 bits per heavy atom. The molecule has 172 valence electrons. The molecule has 1 spiro atoms. The fourth-order valence-corrected chi connectivity index (χ4v) is 10.1. The van der Waals surface area contributed by atoms with Gasteiger partial charge in [-0.25, -0.2) is 0 Å². The van der Waals surface area contributed by atoms with Gasteiger partial charge in [-0.05, 0) is 83.9 Å². The molecule has 0 radical (unpaired) electrons. The van der Waals surface area contributed by atoms with Crippen molar-refractivity contribution in [2.45, 2.75) is 76.9 Å².